The van der Waals surface area contributed by atoms with Gasteiger partial charge in [-0.15, -0.1) is 5.10 Å². The second-order valence-corrected chi connectivity index (χ2v) is 8.29. The van der Waals surface area contributed by atoms with E-state index in [1.807, 2.05) is 56.1 Å². The molecule has 2 heterocycles. The van der Waals surface area contributed by atoms with Crippen molar-refractivity contribution in [1.82, 2.24) is 19.7 Å². The second-order valence-electron chi connectivity index (χ2n) is 7.38. The van der Waals surface area contributed by atoms with E-state index in [1.165, 1.54) is 0 Å². The van der Waals surface area contributed by atoms with Gasteiger partial charge in [-0.3, -0.25) is 4.79 Å². The van der Waals surface area contributed by atoms with Gasteiger partial charge in [0.15, 0.2) is 12.3 Å². The Bertz CT molecular complexity index is 1040. The summed E-state index contributed by atoms with van der Waals surface area (Å²) in [6.45, 7) is 4.54. The van der Waals surface area contributed by atoms with Crippen molar-refractivity contribution in [2.24, 2.45) is 7.05 Å². The van der Waals surface area contributed by atoms with Crippen LogP contribution in [0, 0.1) is 13.8 Å². The standard InChI is InChI=1S/C21H23BrN4O2/c1-13-9-14(2)23-20-19(13)21(24-25(20)3)28-12-18(27)26(17-7-8-17)11-15-5-4-6-16(22)10-15/h4-6,9-10,17H,7-8,11-12H2,1-3H3. The van der Waals surface area contributed by atoms with Crippen molar-refractivity contribution >= 4 is 32.9 Å². The Hall–Kier alpha value is -2.41. The first kappa shape index (κ1) is 18.9. The zero-order valence-corrected chi connectivity index (χ0v) is 17.9. The summed E-state index contributed by atoms with van der Waals surface area (Å²) in [5, 5.41) is 5.30. The van der Waals surface area contributed by atoms with Crippen LogP contribution in [0.2, 0.25) is 0 Å². The lowest BCUT2D eigenvalue weighted by Gasteiger charge is -2.22. The molecule has 0 unspecified atom stereocenters. The number of carbonyl (C=O) groups excluding carboxylic acids is 1. The molecular formula is C21H23BrN4O2. The molecule has 6 nitrogen and oxygen atoms in total. The molecule has 1 aliphatic rings. The summed E-state index contributed by atoms with van der Waals surface area (Å²) in [4.78, 5) is 19.4. The summed E-state index contributed by atoms with van der Waals surface area (Å²) in [6, 6.07) is 10.4. The molecule has 146 valence electrons. The third-order valence-corrected chi connectivity index (χ3v) is 5.46. The first-order chi connectivity index (χ1) is 13.4. The number of ether oxygens (including phenoxy) is 1. The van der Waals surface area contributed by atoms with Crippen LogP contribution < -0.4 is 4.74 Å². The van der Waals surface area contributed by atoms with Gasteiger partial charge in [0.25, 0.3) is 5.91 Å². The number of carbonyl (C=O) groups is 1. The Kier molecular flexibility index (Phi) is 5.10. The van der Waals surface area contributed by atoms with Crippen LogP contribution in [-0.4, -0.2) is 38.2 Å². The van der Waals surface area contributed by atoms with Gasteiger partial charge < -0.3 is 9.64 Å². The molecule has 1 fully saturated rings. The van der Waals surface area contributed by atoms with Crippen LogP contribution in [-0.2, 0) is 18.4 Å². The summed E-state index contributed by atoms with van der Waals surface area (Å²) in [7, 11) is 1.84. The van der Waals surface area contributed by atoms with Gasteiger partial charge in [0.1, 0.15) is 0 Å². The molecule has 7 heteroatoms. The molecule has 2 aromatic heterocycles. The highest BCUT2D eigenvalue weighted by Crippen LogP contribution is 2.30. The first-order valence-electron chi connectivity index (χ1n) is 9.40. The van der Waals surface area contributed by atoms with E-state index >= 15 is 0 Å². The molecule has 0 bridgehead atoms. The topological polar surface area (TPSA) is 60.2 Å². The summed E-state index contributed by atoms with van der Waals surface area (Å²) in [5.74, 6) is 0.452. The third kappa shape index (κ3) is 3.90. The van der Waals surface area contributed by atoms with Crippen molar-refractivity contribution in [3.63, 3.8) is 0 Å². The van der Waals surface area contributed by atoms with E-state index < -0.39 is 0 Å². The summed E-state index contributed by atoms with van der Waals surface area (Å²) in [5.41, 5.74) is 3.86. The van der Waals surface area contributed by atoms with Crippen molar-refractivity contribution < 1.29 is 9.53 Å². The van der Waals surface area contributed by atoms with E-state index in [9.17, 15) is 4.79 Å². The van der Waals surface area contributed by atoms with E-state index in [1.54, 1.807) is 4.68 Å². The fraction of sp³-hybridized carbons (Fsp3) is 0.381. The minimum atomic E-state index is -0.0239. The molecule has 1 aliphatic carbocycles. The van der Waals surface area contributed by atoms with Crippen molar-refractivity contribution in [1.29, 1.82) is 0 Å². The van der Waals surface area contributed by atoms with Crippen molar-refractivity contribution in [3.8, 4) is 5.88 Å². The predicted molar refractivity (Wildman–Crippen MR) is 111 cm³/mol. The summed E-state index contributed by atoms with van der Waals surface area (Å²) in [6.07, 6.45) is 2.10. The molecule has 0 atom stereocenters. The maximum Gasteiger partial charge on any atom is 0.261 e. The Morgan fingerprint density at radius 3 is 2.82 bits per heavy atom. The van der Waals surface area contributed by atoms with Gasteiger partial charge in [-0.1, -0.05) is 28.1 Å². The van der Waals surface area contributed by atoms with E-state index in [4.69, 9.17) is 4.74 Å². The minimum absolute atomic E-state index is 0.0148. The number of fused-ring (bicyclic) bond motifs is 1. The molecule has 0 aliphatic heterocycles. The van der Waals surface area contributed by atoms with Crippen LogP contribution >= 0.6 is 15.9 Å². The lowest BCUT2D eigenvalue weighted by atomic mass is 10.2. The number of aryl methyl sites for hydroxylation is 3. The lowest BCUT2D eigenvalue weighted by molar-refractivity contribution is -0.134. The number of pyridine rings is 1. The Morgan fingerprint density at radius 2 is 2.11 bits per heavy atom. The van der Waals surface area contributed by atoms with Gasteiger partial charge in [-0.05, 0) is 56.0 Å². The number of rotatable bonds is 6. The van der Waals surface area contributed by atoms with Gasteiger partial charge in [-0.2, -0.15) is 0 Å². The van der Waals surface area contributed by atoms with Gasteiger partial charge >= 0.3 is 0 Å². The normalized spacial score (nSPS) is 13.7. The maximum absolute atomic E-state index is 12.9. The molecule has 0 spiro atoms. The monoisotopic (exact) mass is 442 g/mol. The third-order valence-electron chi connectivity index (χ3n) is 4.97. The van der Waals surface area contributed by atoms with E-state index in [0.717, 1.165) is 45.2 Å². The fourth-order valence-electron chi connectivity index (χ4n) is 3.50. The number of halogens is 1. The van der Waals surface area contributed by atoms with Crippen molar-refractivity contribution in [2.45, 2.75) is 39.3 Å². The molecule has 1 amide bonds. The Balaban J connectivity index is 1.51. The maximum atomic E-state index is 12.9. The molecule has 1 saturated carbocycles. The Labute approximate surface area is 172 Å². The van der Waals surface area contributed by atoms with Crippen LogP contribution in [0.1, 0.15) is 29.7 Å². The average Bonchev–Trinajstić information content (AvgIpc) is 3.42. The smallest absolute Gasteiger partial charge is 0.261 e. The number of aromatic nitrogens is 3. The van der Waals surface area contributed by atoms with Gasteiger partial charge in [0.05, 0.1) is 5.39 Å². The van der Waals surface area contributed by atoms with E-state index in [2.05, 4.69) is 26.0 Å². The summed E-state index contributed by atoms with van der Waals surface area (Å²) >= 11 is 3.50. The number of nitrogens with zero attached hydrogens (tertiary/aromatic N) is 4. The highest BCUT2D eigenvalue weighted by molar-refractivity contribution is 9.10. The SMILES string of the molecule is Cc1cc(C)c2c(OCC(=O)N(Cc3cccc(Br)c3)C3CC3)nn(C)c2n1. The quantitative estimate of drug-likeness (QED) is 0.580. The fourth-order valence-corrected chi connectivity index (χ4v) is 3.95. The van der Waals surface area contributed by atoms with E-state index in [0.29, 0.717) is 18.5 Å². The Morgan fingerprint density at radius 1 is 1.32 bits per heavy atom. The van der Waals surface area contributed by atoms with Gasteiger partial charge in [-0.25, -0.2) is 9.67 Å². The number of hydrogen-bond donors (Lipinski definition) is 0. The predicted octanol–water partition coefficient (Wildman–Crippen LogP) is 3.92. The highest BCUT2D eigenvalue weighted by atomic mass is 79.9. The second kappa shape index (κ2) is 7.54. The minimum Gasteiger partial charge on any atom is -0.466 e. The molecule has 0 saturated heterocycles. The zero-order valence-electron chi connectivity index (χ0n) is 16.3. The highest BCUT2D eigenvalue weighted by Gasteiger charge is 2.33. The summed E-state index contributed by atoms with van der Waals surface area (Å²) < 4.78 is 8.59. The molecule has 28 heavy (non-hydrogen) atoms. The lowest BCUT2D eigenvalue weighted by Crippen LogP contribution is -2.36. The number of benzene rings is 1. The van der Waals surface area contributed by atoms with Crippen molar-refractivity contribution in [2.75, 3.05) is 6.61 Å². The average molecular weight is 443 g/mol. The molecule has 0 radical (unpaired) electrons. The molecule has 3 aromatic rings. The van der Waals surface area contributed by atoms with Gasteiger partial charge in [0.2, 0.25) is 5.88 Å². The van der Waals surface area contributed by atoms with Crippen LogP contribution in [0.25, 0.3) is 11.0 Å². The van der Waals surface area contributed by atoms with E-state index in [-0.39, 0.29) is 12.5 Å². The van der Waals surface area contributed by atoms with Crippen LogP contribution in [0.5, 0.6) is 5.88 Å². The molecule has 1 aromatic carbocycles. The number of hydrogen-bond acceptors (Lipinski definition) is 4. The molecule has 4 rings (SSSR count). The van der Waals surface area contributed by atoms with Crippen LogP contribution in [0.15, 0.2) is 34.8 Å². The molecular weight excluding hydrogens is 420 g/mol. The van der Waals surface area contributed by atoms with Gasteiger partial charge in [0, 0.05) is 29.8 Å². The first-order valence-corrected chi connectivity index (χ1v) is 10.2. The zero-order chi connectivity index (χ0) is 19.8. The molecule has 0 N–H and O–H groups in total. The van der Waals surface area contributed by atoms with Crippen LogP contribution in [0.4, 0.5) is 0 Å². The van der Waals surface area contributed by atoms with Crippen LogP contribution in [0.3, 0.4) is 0 Å². The largest absolute Gasteiger partial charge is 0.466 e. The number of amides is 1. The van der Waals surface area contributed by atoms with Crippen molar-refractivity contribution in [3.05, 3.63) is 51.6 Å².